The van der Waals surface area contributed by atoms with Gasteiger partial charge >= 0.3 is 0 Å². The molecule has 0 amide bonds. The maximum absolute atomic E-state index is 9.97. The van der Waals surface area contributed by atoms with Crippen molar-refractivity contribution >= 4 is 11.6 Å². The molecular formula is C17H19ClO3. The Kier molecular flexibility index (Phi) is 4.76. The Balaban J connectivity index is 2.44. The van der Waals surface area contributed by atoms with Crippen LogP contribution in [0.15, 0.2) is 30.3 Å². The highest BCUT2D eigenvalue weighted by Crippen LogP contribution is 2.37. The molecule has 1 atom stereocenters. The minimum Gasteiger partial charge on any atom is -0.496 e. The second-order valence-corrected chi connectivity index (χ2v) is 5.40. The molecule has 1 unspecified atom stereocenters. The minimum absolute atomic E-state index is 0.575. The van der Waals surface area contributed by atoms with Crippen LogP contribution in [0.5, 0.6) is 17.2 Å². The molecule has 0 fully saturated rings. The third-order valence-electron chi connectivity index (χ3n) is 3.30. The first-order valence-corrected chi connectivity index (χ1v) is 7.11. The zero-order valence-electron chi connectivity index (χ0n) is 12.6. The van der Waals surface area contributed by atoms with Gasteiger partial charge in [-0.05, 0) is 56.2 Å². The van der Waals surface area contributed by atoms with E-state index < -0.39 is 6.10 Å². The van der Waals surface area contributed by atoms with E-state index in [1.165, 1.54) is 0 Å². The standard InChI is InChI=1S/C17H19ClO3/c1-10-8-13(9-11(2)17(10)18)21-15-7-5-6-14(20-4)16(15)12(3)19/h5-9,12,19H,1-4H3. The third-order valence-corrected chi connectivity index (χ3v) is 3.90. The van der Waals surface area contributed by atoms with Gasteiger partial charge in [0, 0.05) is 5.02 Å². The van der Waals surface area contributed by atoms with Crippen LogP contribution in [0.25, 0.3) is 0 Å². The van der Waals surface area contributed by atoms with Crippen LogP contribution in [0.2, 0.25) is 5.02 Å². The van der Waals surface area contributed by atoms with Gasteiger partial charge in [-0.3, -0.25) is 0 Å². The Morgan fingerprint density at radius 1 is 1.10 bits per heavy atom. The molecule has 2 aromatic carbocycles. The SMILES string of the molecule is COc1cccc(Oc2cc(C)c(Cl)c(C)c2)c1C(C)O. The lowest BCUT2D eigenvalue weighted by molar-refractivity contribution is 0.190. The van der Waals surface area contributed by atoms with E-state index in [2.05, 4.69) is 0 Å². The first-order chi connectivity index (χ1) is 9.93. The molecule has 0 spiro atoms. The van der Waals surface area contributed by atoms with E-state index in [0.29, 0.717) is 22.8 Å². The van der Waals surface area contributed by atoms with Crippen LogP contribution >= 0.6 is 11.6 Å². The molecule has 0 saturated heterocycles. The van der Waals surface area contributed by atoms with Crippen molar-refractivity contribution in [3.05, 3.63) is 52.0 Å². The van der Waals surface area contributed by atoms with Crippen LogP contribution in [0.3, 0.4) is 0 Å². The summed E-state index contributed by atoms with van der Waals surface area (Å²) >= 11 is 6.17. The first kappa shape index (κ1) is 15.7. The number of hydrogen-bond donors (Lipinski definition) is 1. The minimum atomic E-state index is -0.689. The van der Waals surface area contributed by atoms with Crippen molar-refractivity contribution in [2.75, 3.05) is 7.11 Å². The van der Waals surface area contributed by atoms with Crippen LogP contribution in [0.4, 0.5) is 0 Å². The van der Waals surface area contributed by atoms with Crippen molar-refractivity contribution < 1.29 is 14.6 Å². The Morgan fingerprint density at radius 3 is 2.19 bits per heavy atom. The van der Waals surface area contributed by atoms with E-state index in [1.807, 2.05) is 38.1 Å². The Morgan fingerprint density at radius 2 is 1.67 bits per heavy atom. The smallest absolute Gasteiger partial charge is 0.136 e. The fraction of sp³-hybridized carbons (Fsp3) is 0.294. The molecule has 4 heteroatoms. The molecular weight excluding hydrogens is 288 g/mol. The molecule has 0 aromatic heterocycles. The summed E-state index contributed by atoms with van der Waals surface area (Å²) in [6, 6.07) is 9.19. The van der Waals surface area contributed by atoms with Gasteiger partial charge in [0.2, 0.25) is 0 Å². The fourth-order valence-corrected chi connectivity index (χ4v) is 2.40. The normalized spacial score (nSPS) is 12.1. The predicted molar refractivity (Wildman–Crippen MR) is 84.6 cm³/mol. The number of aliphatic hydroxyl groups excluding tert-OH is 1. The van der Waals surface area contributed by atoms with Gasteiger partial charge in [-0.15, -0.1) is 0 Å². The van der Waals surface area contributed by atoms with E-state index in [4.69, 9.17) is 21.1 Å². The summed E-state index contributed by atoms with van der Waals surface area (Å²) in [5.74, 6) is 1.86. The molecule has 2 aromatic rings. The largest absolute Gasteiger partial charge is 0.496 e. The molecule has 2 rings (SSSR count). The van der Waals surface area contributed by atoms with Crippen LogP contribution in [-0.2, 0) is 0 Å². The van der Waals surface area contributed by atoms with Gasteiger partial charge in [-0.25, -0.2) is 0 Å². The van der Waals surface area contributed by atoms with E-state index in [0.717, 1.165) is 16.1 Å². The number of aryl methyl sites for hydroxylation is 2. The highest BCUT2D eigenvalue weighted by molar-refractivity contribution is 6.32. The lowest BCUT2D eigenvalue weighted by Crippen LogP contribution is -2.00. The van der Waals surface area contributed by atoms with Gasteiger partial charge in [-0.1, -0.05) is 17.7 Å². The Labute approximate surface area is 130 Å². The van der Waals surface area contributed by atoms with Crippen LogP contribution in [-0.4, -0.2) is 12.2 Å². The Bertz CT molecular complexity index is 627. The summed E-state index contributed by atoms with van der Waals surface area (Å²) in [6.45, 7) is 5.55. The number of methoxy groups -OCH3 is 1. The predicted octanol–water partition coefficient (Wildman–Crippen LogP) is 4.81. The average Bonchev–Trinajstić information content (AvgIpc) is 2.44. The van der Waals surface area contributed by atoms with Crippen molar-refractivity contribution in [1.82, 2.24) is 0 Å². The quantitative estimate of drug-likeness (QED) is 0.881. The fourth-order valence-electron chi connectivity index (χ4n) is 2.29. The molecule has 112 valence electrons. The van der Waals surface area contributed by atoms with Crippen molar-refractivity contribution in [3.63, 3.8) is 0 Å². The molecule has 0 bridgehead atoms. The monoisotopic (exact) mass is 306 g/mol. The number of benzene rings is 2. The van der Waals surface area contributed by atoms with Crippen molar-refractivity contribution in [3.8, 4) is 17.2 Å². The summed E-state index contributed by atoms with van der Waals surface area (Å²) < 4.78 is 11.2. The number of halogens is 1. The molecule has 0 saturated carbocycles. The zero-order chi connectivity index (χ0) is 15.6. The van der Waals surface area contributed by atoms with Gasteiger partial charge in [0.15, 0.2) is 0 Å². The van der Waals surface area contributed by atoms with Gasteiger partial charge in [0.25, 0.3) is 0 Å². The van der Waals surface area contributed by atoms with E-state index in [-0.39, 0.29) is 0 Å². The van der Waals surface area contributed by atoms with E-state index >= 15 is 0 Å². The summed E-state index contributed by atoms with van der Waals surface area (Å²) in [6.07, 6.45) is -0.689. The number of rotatable bonds is 4. The summed E-state index contributed by atoms with van der Waals surface area (Å²) in [7, 11) is 1.57. The third kappa shape index (κ3) is 3.31. The van der Waals surface area contributed by atoms with E-state index in [1.54, 1.807) is 20.1 Å². The molecule has 0 radical (unpaired) electrons. The molecule has 0 aliphatic heterocycles. The molecule has 0 aliphatic carbocycles. The zero-order valence-corrected chi connectivity index (χ0v) is 13.4. The second-order valence-electron chi connectivity index (χ2n) is 5.02. The van der Waals surface area contributed by atoms with Gasteiger partial charge < -0.3 is 14.6 Å². The lowest BCUT2D eigenvalue weighted by Gasteiger charge is -2.17. The number of aliphatic hydroxyl groups is 1. The summed E-state index contributed by atoms with van der Waals surface area (Å²) in [4.78, 5) is 0. The van der Waals surface area contributed by atoms with Gasteiger partial charge in [-0.2, -0.15) is 0 Å². The lowest BCUT2D eigenvalue weighted by atomic mass is 10.1. The summed E-state index contributed by atoms with van der Waals surface area (Å²) in [5.41, 5.74) is 2.53. The maximum Gasteiger partial charge on any atom is 0.136 e. The Hall–Kier alpha value is -1.71. The number of hydrogen-bond acceptors (Lipinski definition) is 3. The van der Waals surface area contributed by atoms with Crippen LogP contribution in [0, 0.1) is 13.8 Å². The second kappa shape index (κ2) is 6.37. The molecule has 0 aliphatic rings. The highest BCUT2D eigenvalue weighted by Gasteiger charge is 2.16. The molecule has 21 heavy (non-hydrogen) atoms. The topological polar surface area (TPSA) is 38.7 Å². The number of ether oxygens (including phenoxy) is 2. The van der Waals surface area contributed by atoms with Gasteiger partial charge in [0.1, 0.15) is 17.2 Å². The van der Waals surface area contributed by atoms with Gasteiger partial charge in [0.05, 0.1) is 18.8 Å². The van der Waals surface area contributed by atoms with Crippen molar-refractivity contribution in [2.24, 2.45) is 0 Å². The average molecular weight is 307 g/mol. The summed E-state index contributed by atoms with van der Waals surface area (Å²) in [5, 5.41) is 10.7. The molecule has 3 nitrogen and oxygen atoms in total. The van der Waals surface area contributed by atoms with Crippen molar-refractivity contribution in [2.45, 2.75) is 26.9 Å². The van der Waals surface area contributed by atoms with Crippen LogP contribution < -0.4 is 9.47 Å². The highest BCUT2D eigenvalue weighted by atomic mass is 35.5. The maximum atomic E-state index is 9.97. The molecule has 0 heterocycles. The molecule has 1 N–H and O–H groups in total. The van der Waals surface area contributed by atoms with Crippen molar-refractivity contribution in [1.29, 1.82) is 0 Å². The first-order valence-electron chi connectivity index (χ1n) is 6.73. The van der Waals surface area contributed by atoms with Crippen LogP contribution in [0.1, 0.15) is 29.7 Å². The van der Waals surface area contributed by atoms with E-state index in [9.17, 15) is 5.11 Å².